The molecule has 0 amide bonds. The van der Waals surface area contributed by atoms with Crippen LogP contribution in [0.3, 0.4) is 0 Å². The van der Waals surface area contributed by atoms with Gasteiger partial charge in [0.25, 0.3) is 5.69 Å². The second-order valence-corrected chi connectivity index (χ2v) is 6.31. The molecule has 0 bridgehead atoms. The number of anilines is 1. The van der Waals surface area contributed by atoms with E-state index < -0.39 is 14.9 Å². The molecule has 112 valence electrons. The van der Waals surface area contributed by atoms with Gasteiger partial charge in [-0.25, -0.2) is 13.1 Å². The molecule has 0 spiro atoms. The molecule has 1 heterocycles. The van der Waals surface area contributed by atoms with Crippen molar-refractivity contribution in [1.29, 1.82) is 0 Å². The second-order valence-electron chi connectivity index (χ2n) is 4.26. The van der Waals surface area contributed by atoms with Gasteiger partial charge >= 0.3 is 0 Å². The third kappa shape index (κ3) is 3.44. The summed E-state index contributed by atoms with van der Waals surface area (Å²) in [5.41, 5.74) is 0.593. The zero-order valence-electron chi connectivity index (χ0n) is 11.2. The molecular weight excluding hydrogens is 296 g/mol. The zero-order valence-corrected chi connectivity index (χ0v) is 12.1. The number of aromatic nitrogens is 1. The highest BCUT2D eigenvalue weighted by atomic mass is 32.2. The van der Waals surface area contributed by atoms with Crippen LogP contribution in [0.4, 0.5) is 11.4 Å². The van der Waals surface area contributed by atoms with E-state index in [4.69, 9.17) is 0 Å². The van der Waals surface area contributed by atoms with Crippen molar-refractivity contribution in [2.45, 2.75) is 0 Å². The number of nitrogens with one attached hydrogen (secondary N) is 2. The van der Waals surface area contributed by atoms with Gasteiger partial charge in [-0.05, 0) is 19.2 Å². The summed E-state index contributed by atoms with van der Waals surface area (Å²) < 4.78 is 24.9. The Bertz CT molecular complexity index is 776. The lowest BCUT2D eigenvalue weighted by atomic mass is 10.1. The highest BCUT2D eigenvalue weighted by molar-refractivity contribution is 7.89. The van der Waals surface area contributed by atoms with Crippen LogP contribution in [0.15, 0.2) is 30.6 Å². The molecule has 0 atom stereocenters. The lowest BCUT2D eigenvalue weighted by Gasteiger charge is -2.10. The van der Waals surface area contributed by atoms with Gasteiger partial charge in [-0.3, -0.25) is 15.1 Å². The number of nitro benzene ring substituents is 1. The van der Waals surface area contributed by atoms with E-state index in [1.54, 1.807) is 12.1 Å². The summed E-state index contributed by atoms with van der Waals surface area (Å²) in [7, 11) is -1.95. The molecule has 0 saturated heterocycles. The minimum Gasteiger partial charge on any atom is -0.383 e. The summed E-state index contributed by atoms with van der Waals surface area (Å²) in [5, 5.41) is 15.0. The fourth-order valence-electron chi connectivity index (χ4n) is 1.91. The van der Waals surface area contributed by atoms with Crippen molar-refractivity contribution >= 4 is 32.2 Å². The summed E-state index contributed by atoms with van der Waals surface area (Å²) in [6, 6.07) is 4.49. The van der Waals surface area contributed by atoms with Crippen LogP contribution in [-0.4, -0.2) is 37.7 Å². The molecular formula is C12H14N4O4S. The highest BCUT2D eigenvalue weighted by Crippen LogP contribution is 2.30. The van der Waals surface area contributed by atoms with Crippen molar-refractivity contribution in [2.24, 2.45) is 0 Å². The lowest BCUT2D eigenvalue weighted by Crippen LogP contribution is -2.26. The smallest absolute Gasteiger partial charge is 0.277 e. The van der Waals surface area contributed by atoms with E-state index in [-0.39, 0.29) is 18.0 Å². The number of pyridine rings is 1. The molecule has 0 aliphatic carbocycles. The Morgan fingerprint density at radius 1 is 1.29 bits per heavy atom. The van der Waals surface area contributed by atoms with Gasteiger partial charge in [-0.1, -0.05) is 0 Å². The second kappa shape index (κ2) is 6.02. The molecule has 8 nitrogen and oxygen atoms in total. The molecule has 0 fully saturated rings. The molecule has 2 N–H and O–H groups in total. The number of hydrogen-bond donors (Lipinski definition) is 2. The van der Waals surface area contributed by atoms with E-state index in [9.17, 15) is 18.5 Å². The monoisotopic (exact) mass is 310 g/mol. The Labute approximate surface area is 121 Å². The Hall–Kier alpha value is -2.26. The predicted molar refractivity (Wildman–Crippen MR) is 79.7 cm³/mol. The van der Waals surface area contributed by atoms with Gasteiger partial charge in [-0.2, -0.15) is 0 Å². The number of nitrogens with zero attached hydrogens (tertiary/aromatic N) is 2. The summed E-state index contributed by atoms with van der Waals surface area (Å²) in [6.07, 6.45) is 2.99. The van der Waals surface area contributed by atoms with Crippen molar-refractivity contribution in [3.63, 3.8) is 0 Å². The molecule has 0 unspecified atom stereocenters. The quantitative estimate of drug-likeness (QED) is 0.610. The van der Waals surface area contributed by atoms with E-state index in [0.29, 0.717) is 16.5 Å². The fraction of sp³-hybridized carbons (Fsp3) is 0.250. The molecule has 0 saturated carbocycles. The fourth-order valence-corrected chi connectivity index (χ4v) is 2.48. The SMILES string of the molecule is CNS(=O)(=O)CCNc1ccc([N+](=O)[O-])c2ccncc12. The molecule has 1 aromatic carbocycles. The first-order valence-corrected chi connectivity index (χ1v) is 7.76. The van der Waals surface area contributed by atoms with Crippen LogP contribution in [0.1, 0.15) is 0 Å². The predicted octanol–water partition coefficient (Wildman–Crippen LogP) is 1.10. The maximum atomic E-state index is 11.3. The van der Waals surface area contributed by atoms with Gasteiger partial charge in [-0.15, -0.1) is 0 Å². The molecule has 2 rings (SSSR count). The molecule has 0 radical (unpaired) electrons. The van der Waals surface area contributed by atoms with Crippen LogP contribution in [-0.2, 0) is 10.0 Å². The Balaban J connectivity index is 2.30. The highest BCUT2D eigenvalue weighted by Gasteiger charge is 2.14. The van der Waals surface area contributed by atoms with Crippen LogP contribution in [0.25, 0.3) is 10.8 Å². The van der Waals surface area contributed by atoms with Crippen LogP contribution >= 0.6 is 0 Å². The first kappa shape index (κ1) is 15.1. The summed E-state index contributed by atoms with van der Waals surface area (Å²) in [6.45, 7) is 0.185. The molecule has 0 aliphatic rings. The van der Waals surface area contributed by atoms with Gasteiger partial charge < -0.3 is 5.32 Å². The van der Waals surface area contributed by atoms with Crippen LogP contribution in [0.5, 0.6) is 0 Å². The van der Waals surface area contributed by atoms with Gasteiger partial charge in [0.05, 0.1) is 16.1 Å². The molecule has 2 aromatic rings. The van der Waals surface area contributed by atoms with Crippen molar-refractivity contribution in [1.82, 2.24) is 9.71 Å². The van der Waals surface area contributed by atoms with Crippen molar-refractivity contribution in [2.75, 3.05) is 24.7 Å². The summed E-state index contributed by atoms with van der Waals surface area (Å²) in [4.78, 5) is 14.5. The Kier molecular flexibility index (Phi) is 4.34. The number of rotatable bonds is 6. The van der Waals surface area contributed by atoms with E-state index in [1.165, 1.54) is 25.5 Å². The molecule has 0 aliphatic heterocycles. The van der Waals surface area contributed by atoms with Crippen molar-refractivity contribution in [3.8, 4) is 0 Å². The largest absolute Gasteiger partial charge is 0.383 e. The maximum absolute atomic E-state index is 11.3. The first-order chi connectivity index (χ1) is 9.94. The summed E-state index contributed by atoms with van der Waals surface area (Å²) >= 11 is 0. The van der Waals surface area contributed by atoms with Crippen molar-refractivity contribution in [3.05, 3.63) is 40.7 Å². The van der Waals surface area contributed by atoms with Crippen molar-refractivity contribution < 1.29 is 13.3 Å². The van der Waals surface area contributed by atoms with Gasteiger partial charge in [0.2, 0.25) is 10.0 Å². The minimum atomic E-state index is -3.30. The number of non-ortho nitro benzene ring substituents is 1. The maximum Gasteiger partial charge on any atom is 0.277 e. The van der Waals surface area contributed by atoms with Crippen LogP contribution in [0.2, 0.25) is 0 Å². The number of fused-ring (bicyclic) bond motifs is 1. The standard InChI is InChI=1S/C12H14N4O4S/c1-13-21(19,20)7-6-15-11-2-3-12(16(17)18)9-4-5-14-8-10(9)11/h2-5,8,13,15H,6-7H2,1H3. The average Bonchev–Trinajstić information content (AvgIpc) is 2.47. The number of sulfonamides is 1. The lowest BCUT2D eigenvalue weighted by molar-refractivity contribution is -0.383. The van der Waals surface area contributed by atoms with Gasteiger partial charge in [0.1, 0.15) is 0 Å². The zero-order chi connectivity index (χ0) is 15.5. The average molecular weight is 310 g/mol. The van der Waals surface area contributed by atoms with E-state index in [0.717, 1.165) is 0 Å². The number of nitro groups is 1. The van der Waals surface area contributed by atoms with E-state index in [1.807, 2.05) is 0 Å². The molecule has 9 heteroatoms. The Morgan fingerprint density at radius 2 is 2.05 bits per heavy atom. The number of benzene rings is 1. The minimum absolute atomic E-state index is 0.0132. The normalized spacial score (nSPS) is 11.5. The molecule has 1 aromatic heterocycles. The topological polar surface area (TPSA) is 114 Å². The van der Waals surface area contributed by atoms with Crippen LogP contribution < -0.4 is 10.0 Å². The summed E-state index contributed by atoms with van der Waals surface area (Å²) in [5.74, 6) is -0.0950. The van der Waals surface area contributed by atoms with Crippen LogP contribution in [0, 0.1) is 10.1 Å². The van der Waals surface area contributed by atoms with E-state index >= 15 is 0 Å². The molecule has 21 heavy (non-hydrogen) atoms. The van der Waals surface area contributed by atoms with Gasteiger partial charge in [0.15, 0.2) is 0 Å². The Morgan fingerprint density at radius 3 is 2.71 bits per heavy atom. The third-order valence-electron chi connectivity index (χ3n) is 2.99. The number of hydrogen-bond acceptors (Lipinski definition) is 6. The van der Waals surface area contributed by atoms with Gasteiger partial charge in [0, 0.05) is 36.1 Å². The first-order valence-electron chi connectivity index (χ1n) is 6.11. The third-order valence-corrected chi connectivity index (χ3v) is 4.35. The van der Waals surface area contributed by atoms with E-state index in [2.05, 4.69) is 15.0 Å².